The summed E-state index contributed by atoms with van der Waals surface area (Å²) < 4.78 is 10.7. The smallest absolute Gasteiger partial charge is 0.346 e. The molecule has 1 rings (SSSR count). The molecule has 4 nitrogen and oxygen atoms in total. The van der Waals surface area contributed by atoms with Crippen LogP contribution in [0.2, 0.25) is 0 Å². The molecule has 0 fully saturated rings. The second-order valence-corrected chi connectivity index (χ2v) is 5.02. The molecule has 1 aromatic rings. The lowest BCUT2D eigenvalue weighted by Crippen LogP contribution is -2.09. The van der Waals surface area contributed by atoms with Gasteiger partial charge in [0.05, 0.1) is 19.8 Å². The summed E-state index contributed by atoms with van der Waals surface area (Å²) in [5.74, 6) is -0.375. The zero-order chi connectivity index (χ0) is 12.7. The lowest BCUT2D eigenvalue weighted by molar-refractivity contribution is 0.0311. The Balaban J connectivity index is 2.18. The van der Waals surface area contributed by atoms with Crippen LogP contribution in [-0.2, 0) is 16.1 Å². The van der Waals surface area contributed by atoms with Crippen molar-refractivity contribution in [3.05, 3.63) is 21.9 Å². The van der Waals surface area contributed by atoms with Crippen LogP contribution < -0.4 is 0 Å². The van der Waals surface area contributed by atoms with Gasteiger partial charge in [-0.2, -0.15) is 0 Å². The van der Waals surface area contributed by atoms with E-state index in [0.717, 1.165) is 12.2 Å². The molecule has 0 aliphatic rings. The molecule has 0 spiro atoms. The normalized spacial score (nSPS) is 11.0. The monoisotopic (exact) mass is 258 g/mol. The second kappa shape index (κ2) is 7.42. The highest BCUT2D eigenvalue weighted by Gasteiger charge is 2.11. The summed E-state index contributed by atoms with van der Waals surface area (Å²) in [6, 6.07) is 1.78. The van der Waals surface area contributed by atoms with Gasteiger partial charge in [-0.3, -0.25) is 0 Å². The van der Waals surface area contributed by atoms with Crippen LogP contribution in [0.1, 0.15) is 29.1 Å². The van der Waals surface area contributed by atoms with E-state index in [1.54, 1.807) is 11.4 Å². The number of hydrogen-bond acceptors (Lipinski definition) is 4. The maximum atomic E-state index is 10.8. The highest BCUT2D eigenvalue weighted by atomic mass is 32.1. The van der Waals surface area contributed by atoms with Gasteiger partial charge in [-0.15, -0.1) is 11.3 Å². The van der Waals surface area contributed by atoms with Crippen molar-refractivity contribution < 1.29 is 19.4 Å². The van der Waals surface area contributed by atoms with Crippen molar-refractivity contribution in [2.75, 3.05) is 19.8 Å². The molecule has 0 bridgehead atoms. The zero-order valence-electron chi connectivity index (χ0n) is 10.1. The number of aromatic carboxylic acids is 1. The van der Waals surface area contributed by atoms with Crippen LogP contribution in [0.15, 0.2) is 11.4 Å². The lowest BCUT2D eigenvalue weighted by atomic mass is 10.2. The standard InChI is InChI=1S/C12H18O4S/c1-9(2)7-15-4-5-16-8-10-3-6-17-11(10)12(13)14/h3,6,9H,4-5,7-8H2,1-2H3,(H,13,14). The third kappa shape index (κ3) is 5.30. The van der Waals surface area contributed by atoms with Crippen molar-refractivity contribution in [2.45, 2.75) is 20.5 Å². The van der Waals surface area contributed by atoms with Crippen molar-refractivity contribution >= 4 is 17.3 Å². The maximum Gasteiger partial charge on any atom is 0.346 e. The molecular formula is C12H18O4S. The molecule has 0 aliphatic carbocycles. The summed E-state index contributed by atoms with van der Waals surface area (Å²) >= 11 is 1.22. The summed E-state index contributed by atoms with van der Waals surface area (Å²) in [6.45, 7) is 6.27. The molecule has 17 heavy (non-hydrogen) atoms. The highest BCUT2D eigenvalue weighted by Crippen LogP contribution is 2.17. The molecule has 0 saturated heterocycles. The van der Waals surface area contributed by atoms with E-state index in [4.69, 9.17) is 14.6 Å². The molecule has 0 aliphatic heterocycles. The predicted octanol–water partition coefficient (Wildman–Crippen LogP) is 2.64. The van der Waals surface area contributed by atoms with E-state index in [2.05, 4.69) is 13.8 Å². The molecule has 0 aromatic carbocycles. The Bertz CT molecular complexity index is 346. The van der Waals surface area contributed by atoms with E-state index in [-0.39, 0.29) is 0 Å². The van der Waals surface area contributed by atoms with Crippen LogP contribution in [0.5, 0.6) is 0 Å². The highest BCUT2D eigenvalue weighted by molar-refractivity contribution is 7.12. The third-order valence-corrected chi connectivity index (χ3v) is 2.97. The minimum Gasteiger partial charge on any atom is -0.477 e. The number of carboxylic acid groups (broad SMARTS) is 1. The van der Waals surface area contributed by atoms with Crippen LogP contribution in [-0.4, -0.2) is 30.9 Å². The molecule has 5 heteroatoms. The van der Waals surface area contributed by atoms with Crippen LogP contribution in [0, 0.1) is 5.92 Å². The summed E-state index contributed by atoms with van der Waals surface area (Å²) in [4.78, 5) is 11.2. The Kier molecular flexibility index (Phi) is 6.18. The fourth-order valence-corrected chi connectivity index (χ4v) is 2.00. The van der Waals surface area contributed by atoms with Gasteiger partial charge in [-0.1, -0.05) is 13.8 Å². The van der Waals surface area contributed by atoms with Gasteiger partial charge < -0.3 is 14.6 Å². The largest absolute Gasteiger partial charge is 0.477 e. The van der Waals surface area contributed by atoms with Gasteiger partial charge in [-0.25, -0.2) is 4.79 Å². The van der Waals surface area contributed by atoms with Gasteiger partial charge in [-0.05, 0) is 17.4 Å². The van der Waals surface area contributed by atoms with Crippen molar-refractivity contribution in [1.29, 1.82) is 0 Å². The Labute approximate surface area is 105 Å². The number of carboxylic acids is 1. The van der Waals surface area contributed by atoms with Crippen molar-refractivity contribution in [3.63, 3.8) is 0 Å². The lowest BCUT2D eigenvalue weighted by Gasteiger charge is -2.07. The number of carbonyl (C=O) groups is 1. The molecule has 96 valence electrons. The van der Waals surface area contributed by atoms with Crippen molar-refractivity contribution in [1.82, 2.24) is 0 Å². The number of ether oxygens (including phenoxy) is 2. The van der Waals surface area contributed by atoms with E-state index in [0.29, 0.717) is 30.6 Å². The predicted molar refractivity (Wildman–Crippen MR) is 66.6 cm³/mol. The SMILES string of the molecule is CC(C)COCCOCc1ccsc1C(=O)O. The number of hydrogen-bond donors (Lipinski definition) is 1. The van der Waals surface area contributed by atoms with E-state index >= 15 is 0 Å². The van der Waals surface area contributed by atoms with E-state index in [9.17, 15) is 4.79 Å². The molecule has 1 aromatic heterocycles. The van der Waals surface area contributed by atoms with Crippen LogP contribution in [0.3, 0.4) is 0 Å². The number of rotatable bonds is 8. The van der Waals surface area contributed by atoms with E-state index < -0.39 is 5.97 Å². The zero-order valence-corrected chi connectivity index (χ0v) is 11.0. The maximum absolute atomic E-state index is 10.8. The quantitative estimate of drug-likeness (QED) is 0.728. The van der Waals surface area contributed by atoms with Crippen LogP contribution >= 0.6 is 11.3 Å². The molecule has 0 unspecified atom stereocenters. The minimum atomic E-state index is -0.894. The molecule has 0 saturated carbocycles. The van der Waals surface area contributed by atoms with Gasteiger partial charge in [0.2, 0.25) is 0 Å². The average Bonchev–Trinajstić information content (AvgIpc) is 2.71. The third-order valence-electron chi connectivity index (χ3n) is 2.02. The first kappa shape index (κ1) is 14.2. The molecule has 1 heterocycles. The van der Waals surface area contributed by atoms with E-state index in [1.165, 1.54) is 11.3 Å². The van der Waals surface area contributed by atoms with Crippen molar-refractivity contribution in [3.8, 4) is 0 Å². The summed E-state index contributed by atoms with van der Waals surface area (Å²) in [5.41, 5.74) is 0.728. The summed E-state index contributed by atoms with van der Waals surface area (Å²) in [6.07, 6.45) is 0. The van der Waals surface area contributed by atoms with Gasteiger partial charge >= 0.3 is 5.97 Å². The van der Waals surface area contributed by atoms with Crippen molar-refractivity contribution in [2.24, 2.45) is 5.92 Å². The minimum absolute atomic E-state index is 0.330. The Hall–Kier alpha value is -0.910. The first-order chi connectivity index (χ1) is 8.11. The summed E-state index contributed by atoms with van der Waals surface area (Å²) in [7, 11) is 0. The average molecular weight is 258 g/mol. The Morgan fingerprint density at radius 1 is 1.41 bits per heavy atom. The molecule has 0 radical (unpaired) electrons. The first-order valence-electron chi connectivity index (χ1n) is 5.56. The first-order valence-corrected chi connectivity index (χ1v) is 6.44. The second-order valence-electron chi connectivity index (χ2n) is 4.10. The number of thiophene rings is 1. The van der Waals surface area contributed by atoms with Crippen LogP contribution in [0.4, 0.5) is 0 Å². The van der Waals surface area contributed by atoms with Crippen LogP contribution in [0.25, 0.3) is 0 Å². The fourth-order valence-electron chi connectivity index (χ4n) is 1.26. The van der Waals surface area contributed by atoms with Gasteiger partial charge in [0.25, 0.3) is 0 Å². The van der Waals surface area contributed by atoms with Gasteiger partial charge in [0.15, 0.2) is 0 Å². The molecule has 1 N–H and O–H groups in total. The Morgan fingerprint density at radius 3 is 2.76 bits per heavy atom. The summed E-state index contributed by atoms with van der Waals surface area (Å²) in [5, 5.41) is 10.6. The van der Waals surface area contributed by atoms with E-state index in [1.807, 2.05) is 0 Å². The van der Waals surface area contributed by atoms with Gasteiger partial charge in [0, 0.05) is 12.2 Å². The Morgan fingerprint density at radius 2 is 2.12 bits per heavy atom. The molecule has 0 amide bonds. The molecule has 0 atom stereocenters. The fraction of sp³-hybridized carbons (Fsp3) is 0.583. The van der Waals surface area contributed by atoms with Gasteiger partial charge in [0.1, 0.15) is 4.88 Å². The topological polar surface area (TPSA) is 55.8 Å². The molecular weight excluding hydrogens is 240 g/mol.